The summed E-state index contributed by atoms with van der Waals surface area (Å²) >= 11 is 1.79. The van der Waals surface area contributed by atoms with E-state index >= 15 is 0 Å². The Morgan fingerprint density at radius 2 is 1.88 bits per heavy atom. The molecule has 0 saturated carbocycles. The minimum atomic E-state index is 1.03. The number of unbranched alkanes of at least 4 members (excludes halogenated alkanes) is 2. The Hall–Kier alpha value is -1.75. The normalized spacial score (nSPS) is 13.7. The zero-order chi connectivity index (χ0) is 18.1. The van der Waals surface area contributed by atoms with Gasteiger partial charge in [0.15, 0.2) is 0 Å². The summed E-state index contributed by atoms with van der Waals surface area (Å²) in [6.45, 7) is 5.52. The monoisotopic (exact) mass is 368 g/mol. The number of rotatable bonds is 7. The maximum absolute atomic E-state index is 5.12. The third-order valence-electron chi connectivity index (χ3n) is 5.51. The van der Waals surface area contributed by atoms with Gasteiger partial charge in [0, 0.05) is 24.7 Å². The quantitative estimate of drug-likeness (QED) is 0.567. The van der Waals surface area contributed by atoms with Crippen LogP contribution in [0.2, 0.25) is 0 Å². The second-order valence-corrected chi connectivity index (χ2v) is 8.40. The SMILES string of the molecule is CCCCc1nc2sc3c(N(C)CCCC)ncnc3c2c2c1CCC2. The fraction of sp³-hybridized carbons (Fsp3) is 0.571. The number of thiophene rings is 1. The molecule has 0 unspecified atom stereocenters. The summed E-state index contributed by atoms with van der Waals surface area (Å²) in [5, 5.41) is 1.31. The van der Waals surface area contributed by atoms with E-state index in [-0.39, 0.29) is 0 Å². The number of aromatic nitrogens is 3. The number of hydrogen-bond donors (Lipinski definition) is 0. The Balaban J connectivity index is 1.89. The first-order valence-electron chi connectivity index (χ1n) is 10.0. The molecule has 3 heterocycles. The Kier molecular flexibility index (Phi) is 5.07. The molecule has 0 bridgehead atoms. The van der Waals surface area contributed by atoms with E-state index in [9.17, 15) is 0 Å². The van der Waals surface area contributed by atoms with Crippen molar-refractivity contribution in [2.75, 3.05) is 18.5 Å². The lowest BCUT2D eigenvalue weighted by Gasteiger charge is -2.17. The topological polar surface area (TPSA) is 41.9 Å². The van der Waals surface area contributed by atoms with Crippen LogP contribution in [0.3, 0.4) is 0 Å². The molecule has 0 atom stereocenters. The predicted molar refractivity (Wildman–Crippen MR) is 112 cm³/mol. The number of hydrogen-bond acceptors (Lipinski definition) is 5. The van der Waals surface area contributed by atoms with Gasteiger partial charge in [-0.3, -0.25) is 0 Å². The molecule has 0 aliphatic heterocycles. The molecular formula is C21H28N4S. The molecule has 3 aromatic rings. The largest absolute Gasteiger partial charge is 0.358 e. The van der Waals surface area contributed by atoms with Crippen LogP contribution < -0.4 is 4.90 Å². The van der Waals surface area contributed by atoms with Gasteiger partial charge in [-0.1, -0.05) is 26.7 Å². The van der Waals surface area contributed by atoms with Crippen molar-refractivity contribution in [1.82, 2.24) is 15.0 Å². The second-order valence-electron chi connectivity index (χ2n) is 7.41. The standard InChI is InChI=1S/C21H28N4S/c1-4-6-11-16-14-9-8-10-15(14)17-18-19(26-21(17)24-16)20(23-13-22-18)25(3)12-7-5-2/h13H,4-12H2,1-3H3. The zero-order valence-electron chi connectivity index (χ0n) is 16.1. The molecule has 0 saturated heterocycles. The van der Waals surface area contributed by atoms with E-state index in [1.165, 1.54) is 71.9 Å². The molecule has 138 valence electrons. The van der Waals surface area contributed by atoms with Crippen LogP contribution in [-0.2, 0) is 19.3 Å². The van der Waals surface area contributed by atoms with E-state index < -0.39 is 0 Å². The average Bonchev–Trinajstić information content (AvgIpc) is 3.27. The van der Waals surface area contributed by atoms with Crippen LogP contribution in [0.25, 0.3) is 20.4 Å². The minimum absolute atomic E-state index is 1.03. The number of pyridine rings is 1. The number of fused-ring (bicyclic) bond motifs is 5. The van der Waals surface area contributed by atoms with Gasteiger partial charge in [0.05, 0.1) is 10.2 Å². The molecule has 3 aromatic heterocycles. The molecule has 0 aromatic carbocycles. The van der Waals surface area contributed by atoms with Crippen molar-refractivity contribution in [2.45, 2.75) is 65.2 Å². The molecule has 1 aliphatic rings. The molecule has 0 radical (unpaired) electrons. The average molecular weight is 369 g/mol. The number of nitrogens with zero attached hydrogens (tertiary/aromatic N) is 4. The lowest BCUT2D eigenvalue weighted by atomic mass is 10.0. The third-order valence-corrected chi connectivity index (χ3v) is 6.58. The highest BCUT2D eigenvalue weighted by molar-refractivity contribution is 7.26. The van der Waals surface area contributed by atoms with Crippen LogP contribution in [0, 0.1) is 0 Å². The van der Waals surface area contributed by atoms with E-state index in [1.54, 1.807) is 17.7 Å². The summed E-state index contributed by atoms with van der Waals surface area (Å²) in [4.78, 5) is 17.9. The first-order chi connectivity index (χ1) is 12.7. The highest BCUT2D eigenvalue weighted by Crippen LogP contribution is 2.42. The minimum Gasteiger partial charge on any atom is -0.358 e. The van der Waals surface area contributed by atoms with Crippen LogP contribution >= 0.6 is 11.3 Å². The summed E-state index contributed by atoms with van der Waals surface area (Å²) in [5.41, 5.74) is 5.50. The first kappa shape index (κ1) is 17.7. The van der Waals surface area contributed by atoms with Crippen LogP contribution in [0.15, 0.2) is 6.33 Å². The molecule has 1 aliphatic carbocycles. The van der Waals surface area contributed by atoms with Crippen molar-refractivity contribution in [3.05, 3.63) is 23.1 Å². The van der Waals surface area contributed by atoms with Gasteiger partial charge in [0.1, 0.15) is 17.0 Å². The van der Waals surface area contributed by atoms with Crippen molar-refractivity contribution in [3.63, 3.8) is 0 Å². The Bertz CT molecular complexity index is 931. The Morgan fingerprint density at radius 1 is 1.08 bits per heavy atom. The van der Waals surface area contributed by atoms with Crippen molar-refractivity contribution in [1.29, 1.82) is 0 Å². The van der Waals surface area contributed by atoms with E-state index in [0.717, 1.165) is 29.1 Å². The van der Waals surface area contributed by atoms with Crippen LogP contribution in [0.5, 0.6) is 0 Å². The van der Waals surface area contributed by atoms with E-state index in [2.05, 4.69) is 30.8 Å². The molecule has 0 fully saturated rings. The number of anilines is 1. The molecule has 0 spiro atoms. The maximum Gasteiger partial charge on any atom is 0.149 e. The van der Waals surface area contributed by atoms with E-state index in [0.29, 0.717) is 0 Å². The van der Waals surface area contributed by atoms with Gasteiger partial charge in [-0.15, -0.1) is 11.3 Å². The van der Waals surface area contributed by atoms with Crippen molar-refractivity contribution >= 4 is 37.6 Å². The molecule has 0 amide bonds. The lowest BCUT2D eigenvalue weighted by molar-refractivity contribution is 0.761. The number of aryl methyl sites for hydroxylation is 2. The van der Waals surface area contributed by atoms with Crippen molar-refractivity contribution in [3.8, 4) is 0 Å². The summed E-state index contributed by atoms with van der Waals surface area (Å²) < 4.78 is 1.20. The molecule has 5 heteroatoms. The van der Waals surface area contributed by atoms with Crippen molar-refractivity contribution in [2.24, 2.45) is 0 Å². The van der Waals surface area contributed by atoms with Gasteiger partial charge < -0.3 is 4.90 Å². The second kappa shape index (κ2) is 7.47. The molecule has 26 heavy (non-hydrogen) atoms. The third kappa shape index (κ3) is 2.96. The molecule has 4 rings (SSSR count). The van der Waals surface area contributed by atoms with Crippen LogP contribution in [0.1, 0.15) is 62.8 Å². The highest BCUT2D eigenvalue weighted by Gasteiger charge is 2.24. The smallest absolute Gasteiger partial charge is 0.149 e. The fourth-order valence-corrected chi connectivity index (χ4v) is 5.31. The van der Waals surface area contributed by atoms with E-state index in [4.69, 9.17) is 9.97 Å². The van der Waals surface area contributed by atoms with Crippen LogP contribution in [0.4, 0.5) is 5.82 Å². The first-order valence-corrected chi connectivity index (χ1v) is 10.8. The Morgan fingerprint density at radius 3 is 2.69 bits per heavy atom. The molecule has 0 N–H and O–H groups in total. The van der Waals surface area contributed by atoms with E-state index in [1.807, 2.05) is 0 Å². The zero-order valence-corrected chi connectivity index (χ0v) is 17.0. The lowest BCUT2D eigenvalue weighted by Crippen LogP contribution is -2.19. The summed E-state index contributed by atoms with van der Waals surface area (Å²) in [6, 6.07) is 0. The predicted octanol–water partition coefficient (Wildman–Crippen LogP) is 5.31. The summed E-state index contributed by atoms with van der Waals surface area (Å²) in [5.74, 6) is 1.06. The van der Waals surface area contributed by atoms with Gasteiger partial charge >= 0.3 is 0 Å². The fourth-order valence-electron chi connectivity index (χ4n) is 4.09. The van der Waals surface area contributed by atoms with Gasteiger partial charge in [0.25, 0.3) is 0 Å². The Labute approximate surface area is 159 Å². The van der Waals surface area contributed by atoms with Gasteiger partial charge in [-0.05, 0) is 49.7 Å². The highest BCUT2D eigenvalue weighted by atomic mass is 32.1. The van der Waals surface area contributed by atoms with Crippen LogP contribution in [-0.4, -0.2) is 28.5 Å². The van der Waals surface area contributed by atoms with Gasteiger partial charge in [-0.2, -0.15) is 0 Å². The van der Waals surface area contributed by atoms with Gasteiger partial charge in [-0.25, -0.2) is 15.0 Å². The summed E-state index contributed by atoms with van der Waals surface area (Å²) in [7, 11) is 2.15. The molecule has 4 nitrogen and oxygen atoms in total. The van der Waals surface area contributed by atoms with Gasteiger partial charge in [0.2, 0.25) is 0 Å². The van der Waals surface area contributed by atoms with Crippen molar-refractivity contribution < 1.29 is 0 Å². The maximum atomic E-state index is 5.12. The molecular weight excluding hydrogens is 340 g/mol. The summed E-state index contributed by atoms with van der Waals surface area (Å²) in [6.07, 6.45) is 11.3.